The molecule has 1 aromatic heterocycles. The molecule has 0 bridgehead atoms. The lowest BCUT2D eigenvalue weighted by Gasteiger charge is -2.27. The largest absolute Gasteiger partial charge is 0.378 e. The first-order chi connectivity index (χ1) is 10.7. The highest BCUT2D eigenvalue weighted by Gasteiger charge is 2.19. The number of amides is 1. The smallest absolute Gasteiger partial charge is 0.270 e. The fourth-order valence-electron chi connectivity index (χ4n) is 2.68. The molecular weight excluding hydrogens is 284 g/mol. The number of ether oxygens (including phenoxy) is 2. The standard InChI is InChI=1S/C15H22N4O3/c1-11-9-13(14(20)16-10-12-3-2-6-22-12)18-15(17-11)19-4-7-21-8-5-19/h9,12H,2-8,10H2,1H3,(H,16,20)/t12-/m0/s1. The van der Waals surface area contributed by atoms with Crippen molar-refractivity contribution < 1.29 is 14.3 Å². The third kappa shape index (κ3) is 3.72. The zero-order valence-corrected chi connectivity index (χ0v) is 12.9. The van der Waals surface area contributed by atoms with Gasteiger partial charge in [0, 0.05) is 31.9 Å². The summed E-state index contributed by atoms with van der Waals surface area (Å²) in [5, 5.41) is 2.90. The van der Waals surface area contributed by atoms with E-state index in [2.05, 4.69) is 15.3 Å². The van der Waals surface area contributed by atoms with Gasteiger partial charge in [0.1, 0.15) is 5.69 Å². The second-order valence-corrected chi connectivity index (χ2v) is 5.64. The van der Waals surface area contributed by atoms with Crippen molar-refractivity contribution in [2.24, 2.45) is 0 Å². The van der Waals surface area contributed by atoms with E-state index >= 15 is 0 Å². The SMILES string of the molecule is Cc1cc(C(=O)NC[C@@H]2CCCO2)nc(N2CCOCC2)n1. The van der Waals surface area contributed by atoms with Crippen LogP contribution in [0, 0.1) is 6.92 Å². The molecule has 2 aliphatic heterocycles. The van der Waals surface area contributed by atoms with Crippen molar-refractivity contribution in [1.29, 1.82) is 0 Å². The molecule has 0 aromatic carbocycles. The minimum Gasteiger partial charge on any atom is -0.378 e. The molecule has 3 rings (SSSR count). The molecule has 1 atom stereocenters. The Bertz CT molecular complexity index is 526. The molecule has 2 fully saturated rings. The van der Waals surface area contributed by atoms with Crippen LogP contribution in [0.5, 0.6) is 0 Å². The Labute approximate surface area is 130 Å². The van der Waals surface area contributed by atoms with E-state index in [1.807, 2.05) is 11.8 Å². The number of hydrogen-bond acceptors (Lipinski definition) is 6. The van der Waals surface area contributed by atoms with Gasteiger partial charge in [0.15, 0.2) is 0 Å². The summed E-state index contributed by atoms with van der Waals surface area (Å²) in [6.07, 6.45) is 2.20. The maximum absolute atomic E-state index is 12.3. The van der Waals surface area contributed by atoms with Crippen LogP contribution in [0.25, 0.3) is 0 Å². The average molecular weight is 306 g/mol. The highest BCUT2D eigenvalue weighted by Crippen LogP contribution is 2.13. The number of aromatic nitrogens is 2. The molecule has 2 saturated heterocycles. The van der Waals surface area contributed by atoms with Gasteiger partial charge in [-0.2, -0.15) is 0 Å². The maximum Gasteiger partial charge on any atom is 0.270 e. The Balaban J connectivity index is 1.66. The molecule has 0 radical (unpaired) electrons. The summed E-state index contributed by atoms with van der Waals surface area (Å²) < 4.78 is 10.8. The molecule has 3 heterocycles. The van der Waals surface area contributed by atoms with Gasteiger partial charge in [-0.05, 0) is 25.8 Å². The van der Waals surface area contributed by atoms with Crippen molar-refractivity contribution in [1.82, 2.24) is 15.3 Å². The van der Waals surface area contributed by atoms with Crippen LogP contribution in [-0.4, -0.2) is 61.4 Å². The van der Waals surface area contributed by atoms with E-state index in [4.69, 9.17) is 9.47 Å². The lowest BCUT2D eigenvalue weighted by Crippen LogP contribution is -2.38. The molecule has 7 nitrogen and oxygen atoms in total. The Hall–Kier alpha value is -1.73. The van der Waals surface area contributed by atoms with Crippen molar-refractivity contribution in [2.45, 2.75) is 25.9 Å². The Morgan fingerprint density at radius 3 is 2.91 bits per heavy atom. The number of anilines is 1. The molecule has 0 aliphatic carbocycles. The molecule has 1 aromatic rings. The summed E-state index contributed by atoms with van der Waals surface area (Å²) in [6, 6.07) is 1.72. The fraction of sp³-hybridized carbons (Fsp3) is 0.667. The molecule has 0 saturated carbocycles. The summed E-state index contributed by atoms with van der Waals surface area (Å²) in [5.41, 5.74) is 1.20. The van der Waals surface area contributed by atoms with Gasteiger partial charge in [-0.1, -0.05) is 0 Å². The van der Waals surface area contributed by atoms with E-state index in [0.29, 0.717) is 31.4 Å². The summed E-state index contributed by atoms with van der Waals surface area (Å²) in [7, 11) is 0. The molecule has 1 amide bonds. The average Bonchev–Trinajstić information content (AvgIpc) is 3.06. The minimum absolute atomic E-state index is 0.130. The zero-order chi connectivity index (χ0) is 15.4. The predicted molar refractivity (Wildman–Crippen MR) is 81.1 cm³/mol. The highest BCUT2D eigenvalue weighted by molar-refractivity contribution is 5.92. The van der Waals surface area contributed by atoms with Crippen LogP contribution in [0.15, 0.2) is 6.07 Å². The molecule has 0 spiro atoms. The van der Waals surface area contributed by atoms with Crippen molar-refractivity contribution in [3.63, 3.8) is 0 Å². The van der Waals surface area contributed by atoms with E-state index < -0.39 is 0 Å². The van der Waals surface area contributed by atoms with Gasteiger partial charge in [0.25, 0.3) is 5.91 Å². The van der Waals surface area contributed by atoms with Crippen LogP contribution in [-0.2, 0) is 9.47 Å². The number of hydrogen-bond donors (Lipinski definition) is 1. The van der Waals surface area contributed by atoms with Crippen LogP contribution in [0.3, 0.4) is 0 Å². The predicted octanol–water partition coefficient (Wildman–Crippen LogP) is 0.530. The minimum atomic E-state index is -0.171. The van der Waals surface area contributed by atoms with Crippen LogP contribution in [0.4, 0.5) is 5.95 Å². The number of nitrogens with zero attached hydrogens (tertiary/aromatic N) is 3. The molecule has 120 valence electrons. The van der Waals surface area contributed by atoms with Gasteiger partial charge in [-0.15, -0.1) is 0 Å². The second kappa shape index (κ2) is 7.02. The van der Waals surface area contributed by atoms with Crippen molar-refractivity contribution >= 4 is 11.9 Å². The summed E-state index contributed by atoms with van der Waals surface area (Å²) in [5.74, 6) is 0.432. The van der Waals surface area contributed by atoms with Crippen molar-refractivity contribution in [3.8, 4) is 0 Å². The summed E-state index contributed by atoms with van der Waals surface area (Å²) in [4.78, 5) is 23.2. The topological polar surface area (TPSA) is 76.6 Å². The van der Waals surface area contributed by atoms with Crippen molar-refractivity contribution in [2.75, 3.05) is 44.4 Å². The first kappa shape index (κ1) is 15.2. The lowest BCUT2D eigenvalue weighted by atomic mass is 10.2. The van der Waals surface area contributed by atoms with E-state index in [9.17, 15) is 4.79 Å². The molecule has 22 heavy (non-hydrogen) atoms. The van der Waals surface area contributed by atoms with Crippen LogP contribution >= 0.6 is 0 Å². The monoisotopic (exact) mass is 306 g/mol. The Morgan fingerprint density at radius 2 is 2.18 bits per heavy atom. The molecule has 0 unspecified atom stereocenters. The quantitative estimate of drug-likeness (QED) is 0.874. The van der Waals surface area contributed by atoms with Gasteiger partial charge in [-0.25, -0.2) is 9.97 Å². The molecule has 7 heteroatoms. The van der Waals surface area contributed by atoms with Gasteiger partial charge in [-0.3, -0.25) is 4.79 Å². The van der Waals surface area contributed by atoms with E-state index in [1.54, 1.807) is 6.07 Å². The number of carbonyl (C=O) groups excluding carboxylic acids is 1. The number of aryl methyl sites for hydroxylation is 1. The third-order valence-electron chi connectivity index (χ3n) is 3.88. The van der Waals surface area contributed by atoms with E-state index in [-0.39, 0.29) is 12.0 Å². The number of nitrogens with one attached hydrogen (secondary N) is 1. The lowest BCUT2D eigenvalue weighted by molar-refractivity contribution is 0.0853. The van der Waals surface area contributed by atoms with Crippen LogP contribution in [0.1, 0.15) is 29.0 Å². The Kier molecular flexibility index (Phi) is 4.84. The fourth-order valence-corrected chi connectivity index (χ4v) is 2.68. The van der Waals surface area contributed by atoms with E-state index in [1.165, 1.54) is 0 Å². The molecule has 2 aliphatic rings. The number of carbonyl (C=O) groups is 1. The summed E-state index contributed by atoms with van der Waals surface area (Å²) >= 11 is 0. The van der Waals surface area contributed by atoms with Crippen molar-refractivity contribution in [3.05, 3.63) is 17.5 Å². The normalized spacial score (nSPS) is 21.9. The van der Waals surface area contributed by atoms with Crippen LogP contribution < -0.4 is 10.2 Å². The third-order valence-corrected chi connectivity index (χ3v) is 3.88. The van der Waals surface area contributed by atoms with Gasteiger partial charge in [0.2, 0.25) is 5.95 Å². The molecule has 1 N–H and O–H groups in total. The first-order valence-electron chi connectivity index (χ1n) is 7.80. The van der Waals surface area contributed by atoms with Gasteiger partial charge >= 0.3 is 0 Å². The maximum atomic E-state index is 12.3. The highest BCUT2D eigenvalue weighted by atomic mass is 16.5. The first-order valence-corrected chi connectivity index (χ1v) is 7.80. The van der Waals surface area contributed by atoms with Gasteiger partial charge in [0.05, 0.1) is 19.3 Å². The number of rotatable bonds is 4. The second-order valence-electron chi connectivity index (χ2n) is 5.64. The number of morpholine rings is 1. The van der Waals surface area contributed by atoms with E-state index in [0.717, 1.165) is 38.2 Å². The summed E-state index contributed by atoms with van der Waals surface area (Å²) in [6.45, 7) is 6.03. The Morgan fingerprint density at radius 1 is 1.36 bits per heavy atom. The zero-order valence-electron chi connectivity index (χ0n) is 12.9. The van der Waals surface area contributed by atoms with Crippen LogP contribution in [0.2, 0.25) is 0 Å². The van der Waals surface area contributed by atoms with Gasteiger partial charge < -0.3 is 19.7 Å². The molecular formula is C15H22N4O3.